The molecule has 32 heavy (non-hydrogen) atoms. The fraction of sp³-hybridized carbons (Fsp3) is 0.381. The van der Waals surface area contributed by atoms with Gasteiger partial charge in [0.1, 0.15) is 23.0 Å². The van der Waals surface area contributed by atoms with Gasteiger partial charge in [0, 0.05) is 50.1 Å². The molecule has 0 aliphatic carbocycles. The third kappa shape index (κ3) is 4.77. The number of nitrogens with zero attached hydrogens (tertiary/aromatic N) is 2. The Kier molecular flexibility index (Phi) is 6.87. The predicted molar refractivity (Wildman–Crippen MR) is 107 cm³/mol. The Bertz CT molecular complexity index is 1090. The molecule has 172 valence electrons. The second kappa shape index (κ2) is 9.43. The number of aliphatic hydroxyl groups is 1. The van der Waals surface area contributed by atoms with Crippen molar-refractivity contribution in [1.29, 1.82) is 0 Å². The number of fused-ring (bicyclic) bond motifs is 1. The summed E-state index contributed by atoms with van der Waals surface area (Å²) >= 11 is 0. The quantitative estimate of drug-likeness (QED) is 0.589. The number of aromatic hydroxyl groups is 1. The molecule has 0 saturated heterocycles. The zero-order valence-corrected chi connectivity index (χ0v) is 17.2. The van der Waals surface area contributed by atoms with Gasteiger partial charge in [-0.3, -0.25) is 14.4 Å². The second-order valence-electron chi connectivity index (χ2n) is 7.58. The first-order valence-electron chi connectivity index (χ1n) is 9.95. The Morgan fingerprint density at radius 1 is 1.19 bits per heavy atom. The van der Waals surface area contributed by atoms with E-state index in [1.807, 2.05) is 0 Å². The van der Waals surface area contributed by atoms with Crippen molar-refractivity contribution in [3.05, 3.63) is 62.8 Å². The van der Waals surface area contributed by atoms with Crippen molar-refractivity contribution < 1.29 is 33.0 Å². The van der Waals surface area contributed by atoms with Crippen LogP contribution in [0.25, 0.3) is 0 Å². The molecule has 3 N–H and O–H groups in total. The van der Waals surface area contributed by atoms with Crippen LogP contribution in [0, 0.1) is 17.5 Å². The molecule has 0 fully saturated rings. The van der Waals surface area contributed by atoms with Gasteiger partial charge >= 0.3 is 0 Å². The number of aliphatic hydroxyl groups excluding tert-OH is 1. The van der Waals surface area contributed by atoms with Crippen LogP contribution in [0.2, 0.25) is 0 Å². The Morgan fingerprint density at radius 3 is 2.47 bits per heavy atom. The van der Waals surface area contributed by atoms with E-state index in [1.165, 1.54) is 9.47 Å². The fourth-order valence-electron chi connectivity index (χ4n) is 3.49. The molecule has 1 unspecified atom stereocenters. The summed E-state index contributed by atoms with van der Waals surface area (Å²) in [5.41, 5.74) is -2.46. The number of nitrogens with one attached hydrogen (secondary N) is 1. The number of benzene rings is 1. The van der Waals surface area contributed by atoms with Crippen LogP contribution in [0.1, 0.15) is 46.2 Å². The highest BCUT2D eigenvalue weighted by Crippen LogP contribution is 2.21. The van der Waals surface area contributed by atoms with Gasteiger partial charge in [-0.15, -0.1) is 0 Å². The van der Waals surface area contributed by atoms with Gasteiger partial charge in [0.25, 0.3) is 11.8 Å². The maximum Gasteiger partial charge on any atom is 0.274 e. The Morgan fingerprint density at radius 2 is 1.84 bits per heavy atom. The lowest BCUT2D eigenvalue weighted by molar-refractivity contribution is 0.0682. The lowest BCUT2D eigenvalue weighted by Gasteiger charge is -2.30. The molecule has 0 spiro atoms. The molecule has 11 heteroatoms. The fourth-order valence-corrected chi connectivity index (χ4v) is 3.49. The predicted octanol–water partition coefficient (Wildman–Crippen LogP) is 1.52. The summed E-state index contributed by atoms with van der Waals surface area (Å²) in [6.45, 7) is 1.76. The van der Waals surface area contributed by atoms with Crippen LogP contribution in [0.4, 0.5) is 13.2 Å². The van der Waals surface area contributed by atoms with Crippen LogP contribution >= 0.6 is 0 Å². The molecule has 1 aromatic heterocycles. The Balaban J connectivity index is 1.79. The highest BCUT2D eigenvalue weighted by Gasteiger charge is 2.30. The number of amides is 2. The maximum atomic E-state index is 13.8. The maximum absolute atomic E-state index is 13.8. The van der Waals surface area contributed by atoms with Crippen LogP contribution in [0.3, 0.4) is 0 Å². The average molecular weight is 453 g/mol. The van der Waals surface area contributed by atoms with Crippen molar-refractivity contribution in [2.24, 2.45) is 0 Å². The van der Waals surface area contributed by atoms with Crippen molar-refractivity contribution in [2.45, 2.75) is 39.0 Å². The zero-order valence-electron chi connectivity index (χ0n) is 17.2. The van der Waals surface area contributed by atoms with E-state index in [-0.39, 0.29) is 18.8 Å². The molecule has 0 radical (unpaired) electrons. The summed E-state index contributed by atoms with van der Waals surface area (Å²) in [6, 6.07) is 0.922. The van der Waals surface area contributed by atoms with Gasteiger partial charge in [-0.25, -0.2) is 13.2 Å². The molecule has 1 aliphatic rings. The molecule has 2 heterocycles. The minimum absolute atomic E-state index is 0.199. The molecular weight excluding hydrogens is 431 g/mol. The highest BCUT2D eigenvalue weighted by atomic mass is 19.1. The number of aromatic nitrogens is 1. The van der Waals surface area contributed by atoms with Gasteiger partial charge in [0.15, 0.2) is 11.4 Å². The van der Waals surface area contributed by atoms with Crippen LogP contribution in [0.15, 0.2) is 23.1 Å². The molecular formula is C21H22F3N3O5. The monoisotopic (exact) mass is 453 g/mol. The minimum atomic E-state index is -1.20. The van der Waals surface area contributed by atoms with Crippen molar-refractivity contribution in [1.82, 2.24) is 14.8 Å². The van der Waals surface area contributed by atoms with E-state index in [2.05, 4.69) is 5.32 Å². The summed E-state index contributed by atoms with van der Waals surface area (Å²) in [6.07, 6.45) is 1.60. The third-order valence-corrected chi connectivity index (χ3v) is 5.18. The molecule has 1 aromatic carbocycles. The van der Waals surface area contributed by atoms with Gasteiger partial charge in [-0.2, -0.15) is 0 Å². The SMILES string of the molecule is CC(O)CCCN1CCn2cc(C(=O)NCc3c(F)cc(F)cc3F)c(=O)c(O)c2C1=O. The molecule has 1 aliphatic heterocycles. The molecule has 2 amide bonds. The summed E-state index contributed by atoms with van der Waals surface area (Å²) in [5, 5.41) is 21.8. The van der Waals surface area contributed by atoms with Crippen molar-refractivity contribution in [3.63, 3.8) is 0 Å². The normalized spacial score (nSPS) is 14.3. The van der Waals surface area contributed by atoms with Gasteiger partial charge in [0.2, 0.25) is 5.43 Å². The lowest BCUT2D eigenvalue weighted by Crippen LogP contribution is -2.43. The van der Waals surface area contributed by atoms with E-state index in [1.54, 1.807) is 6.92 Å². The minimum Gasteiger partial charge on any atom is -0.503 e. The summed E-state index contributed by atoms with van der Waals surface area (Å²) < 4.78 is 41.8. The summed E-state index contributed by atoms with van der Waals surface area (Å²) in [4.78, 5) is 39.1. The van der Waals surface area contributed by atoms with Crippen molar-refractivity contribution >= 4 is 11.8 Å². The number of carbonyl (C=O) groups excluding carboxylic acids is 2. The van der Waals surface area contributed by atoms with Gasteiger partial charge in [0.05, 0.1) is 6.10 Å². The first-order valence-corrected chi connectivity index (χ1v) is 9.95. The largest absolute Gasteiger partial charge is 0.503 e. The number of pyridine rings is 1. The molecule has 3 rings (SSSR count). The van der Waals surface area contributed by atoms with E-state index in [0.717, 1.165) is 6.20 Å². The van der Waals surface area contributed by atoms with Crippen LogP contribution in [-0.4, -0.2) is 50.7 Å². The molecule has 8 nitrogen and oxygen atoms in total. The van der Waals surface area contributed by atoms with Gasteiger partial charge in [-0.05, 0) is 19.8 Å². The number of hydrogen-bond acceptors (Lipinski definition) is 5. The average Bonchev–Trinajstić information content (AvgIpc) is 2.70. The molecule has 0 saturated carbocycles. The van der Waals surface area contributed by atoms with E-state index >= 15 is 0 Å². The number of carbonyl (C=O) groups is 2. The first kappa shape index (κ1) is 23.3. The smallest absolute Gasteiger partial charge is 0.274 e. The van der Waals surface area contributed by atoms with E-state index in [4.69, 9.17) is 0 Å². The van der Waals surface area contributed by atoms with Crippen LogP contribution in [0.5, 0.6) is 5.75 Å². The number of hydrogen-bond donors (Lipinski definition) is 3. The van der Waals surface area contributed by atoms with Gasteiger partial charge in [-0.1, -0.05) is 0 Å². The van der Waals surface area contributed by atoms with E-state index in [0.29, 0.717) is 31.5 Å². The molecule has 2 aromatic rings. The third-order valence-electron chi connectivity index (χ3n) is 5.18. The molecule has 0 bridgehead atoms. The first-order chi connectivity index (χ1) is 15.1. The summed E-state index contributed by atoms with van der Waals surface area (Å²) in [7, 11) is 0. The second-order valence-corrected chi connectivity index (χ2v) is 7.58. The Hall–Kier alpha value is -3.34. The van der Waals surface area contributed by atoms with Gasteiger partial charge < -0.3 is 25.0 Å². The van der Waals surface area contributed by atoms with Crippen LogP contribution in [-0.2, 0) is 13.1 Å². The van der Waals surface area contributed by atoms with Crippen molar-refractivity contribution in [2.75, 3.05) is 13.1 Å². The van der Waals surface area contributed by atoms with E-state index < -0.39 is 64.2 Å². The van der Waals surface area contributed by atoms with Crippen molar-refractivity contribution in [3.8, 4) is 5.75 Å². The molecule has 1 atom stereocenters. The topological polar surface area (TPSA) is 112 Å². The number of rotatable bonds is 7. The van der Waals surface area contributed by atoms with E-state index in [9.17, 15) is 37.8 Å². The standard InChI is InChI=1S/C21H22F3N3O5/c1-11(28)3-2-4-26-5-6-27-10-14(18(29)19(30)17(27)21(26)32)20(31)25-9-13-15(23)7-12(22)8-16(13)24/h7-8,10-11,28,30H,2-6,9H2,1H3,(H,25,31). The lowest BCUT2D eigenvalue weighted by atomic mass is 10.1. The summed E-state index contributed by atoms with van der Waals surface area (Å²) in [5.74, 6) is -6.02. The number of halogens is 3. The Labute approximate surface area is 180 Å². The van der Waals surface area contributed by atoms with Crippen LogP contribution < -0.4 is 10.7 Å². The zero-order chi connectivity index (χ0) is 23.6. The highest BCUT2D eigenvalue weighted by molar-refractivity contribution is 5.99.